The van der Waals surface area contributed by atoms with Gasteiger partial charge in [0.2, 0.25) is 0 Å². The minimum atomic E-state index is -0.811. The van der Waals surface area contributed by atoms with E-state index in [9.17, 15) is 14.4 Å². The smallest absolute Gasteiger partial charge is 0.310 e. The van der Waals surface area contributed by atoms with E-state index in [1.807, 2.05) is 6.08 Å². The highest BCUT2D eigenvalue weighted by molar-refractivity contribution is 5.72. The van der Waals surface area contributed by atoms with Gasteiger partial charge in [-0.3, -0.25) is 14.4 Å². The Bertz CT molecular complexity index is 830. The molecule has 0 fully saturated rings. The van der Waals surface area contributed by atoms with Gasteiger partial charge < -0.3 is 14.2 Å². The Labute approximate surface area is 295 Å². The summed E-state index contributed by atoms with van der Waals surface area (Å²) in [7, 11) is 0. The molecule has 0 spiro atoms. The van der Waals surface area contributed by atoms with Gasteiger partial charge in [-0.2, -0.15) is 0 Å². The molecule has 1 atom stereocenters. The van der Waals surface area contributed by atoms with Gasteiger partial charge in [0.25, 0.3) is 0 Å². The fourth-order valence-electron chi connectivity index (χ4n) is 5.44. The molecule has 0 N–H and O–H groups in total. The quantitative estimate of drug-likeness (QED) is 0.0288. The molecular formula is C42H74O6. The minimum absolute atomic E-state index is 0.105. The third kappa shape index (κ3) is 35.0. The van der Waals surface area contributed by atoms with Crippen LogP contribution in [0.2, 0.25) is 0 Å². The number of rotatable bonds is 35. The topological polar surface area (TPSA) is 78.9 Å². The van der Waals surface area contributed by atoms with Crippen LogP contribution < -0.4 is 0 Å². The lowest BCUT2D eigenvalue weighted by Crippen LogP contribution is -2.30. The number of allylic oxidation sites excluding steroid dienone is 5. The van der Waals surface area contributed by atoms with Crippen molar-refractivity contribution in [1.29, 1.82) is 0 Å². The molecule has 278 valence electrons. The first-order chi connectivity index (χ1) is 23.5. The second-order valence-electron chi connectivity index (χ2n) is 13.2. The number of carbonyl (C=O) groups excluding carboxylic acids is 3. The average molecular weight is 675 g/mol. The lowest BCUT2D eigenvalue weighted by molar-refractivity contribution is -0.166. The van der Waals surface area contributed by atoms with E-state index in [2.05, 4.69) is 45.1 Å². The molecule has 0 saturated heterocycles. The molecule has 0 aromatic rings. The van der Waals surface area contributed by atoms with Crippen LogP contribution in [0.3, 0.4) is 0 Å². The first-order valence-corrected chi connectivity index (χ1v) is 20.0. The van der Waals surface area contributed by atoms with Crippen molar-refractivity contribution < 1.29 is 28.6 Å². The van der Waals surface area contributed by atoms with Crippen LogP contribution in [-0.2, 0) is 28.6 Å². The summed E-state index contributed by atoms with van der Waals surface area (Å²) in [6.07, 6.45) is 40.2. The normalized spacial score (nSPS) is 12.3. The van der Waals surface area contributed by atoms with Crippen LogP contribution in [0.4, 0.5) is 0 Å². The number of hydrogen-bond donors (Lipinski definition) is 0. The van der Waals surface area contributed by atoms with Crippen LogP contribution in [-0.4, -0.2) is 37.2 Å². The van der Waals surface area contributed by atoms with Gasteiger partial charge in [-0.05, 0) is 32.1 Å². The summed E-state index contributed by atoms with van der Waals surface area (Å²) in [5.41, 5.74) is 0. The molecule has 0 aliphatic carbocycles. The Hall–Kier alpha value is -2.37. The first-order valence-electron chi connectivity index (χ1n) is 20.0. The van der Waals surface area contributed by atoms with Crippen LogP contribution in [0, 0.1) is 0 Å². The van der Waals surface area contributed by atoms with E-state index in [4.69, 9.17) is 14.2 Å². The second-order valence-corrected chi connectivity index (χ2v) is 13.2. The average Bonchev–Trinajstić information content (AvgIpc) is 3.08. The summed E-state index contributed by atoms with van der Waals surface area (Å²) in [6, 6.07) is 0. The van der Waals surface area contributed by atoms with Crippen molar-refractivity contribution >= 4 is 17.9 Å². The number of hydrogen-bond acceptors (Lipinski definition) is 6. The van der Waals surface area contributed by atoms with Gasteiger partial charge in [0, 0.05) is 12.8 Å². The lowest BCUT2D eigenvalue weighted by Gasteiger charge is -2.18. The Morgan fingerprint density at radius 3 is 1.19 bits per heavy atom. The summed E-state index contributed by atoms with van der Waals surface area (Å²) in [5, 5.41) is 0. The molecule has 0 heterocycles. The van der Waals surface area contributed by atoms with Gasteiger partial charge >= 0.3 is 17.9 Å². The highest BCUT2D eigenvalue weighted by atomic mass is 16.6. The fourth-order valence-corrected chi connectivity index (χ4v) is 5.44. The van der Waals surface area contributed by atoms with Gasteiger partial charge in [-0.25, -0.2) is 0 Å². The van der Waals surface area contributed by atoms with Crippen LogP contribution >= 0.6 is 0 Å². The third-order valence-electron chi connectivity index (χ3n) is 8.44. The summed E-state index contributed by atoms with van der Waals surface area (Å²) in [5.74, 6) is -1.04. The van der Waals surface area contributed by atoms with Gasteiger partial charge in [0.1, 0.15) is 13.2 Å². The van der Waals surface area contributed by atoms with E-state index in [-0.39, 0.29) is 31.6 Å². The monoisotopic (exact) mass is 675 g/mol. The third-order valence-corrected chi connectivity index (χ3v) is 8.44. The first kappa shape index (κ1) is 45.6. The van der Waals surface area contributed by atoms with Gasteiger partial charge in [-0.15, -0.1) is 0 Å². The molecule has 0 radical (unpaired) electrons. The maximum atomic E-state index is 12.5. The van der Waals surface area contributed by atoms with Crippen molar-refractivity contribution in [2.75, 3.05) is 13.2 Å². The van der Waals surface area contributed by atoms with Crippen molar-refractivity contribution in [3.8, 4) is 0 Å². The number of esters is 3. The lowest BCUT2D eigenvalue weighted by atomic mass is 10.0. The van der Waals surface area contributed by atoms with Crippen molar-refractivity contribution in [3.63, 3.8) is 0 Å². The molecule has 48 heavy (non-hydrogen) atoms. The van der Waals surface area contributed by atoms with Crippen LogP contribution in [0.1, 0.15) is 194 Å². The number of ether oxygens (including phenoxy) is 3. The van der Waals surface area contributed by atoms with Gasteiger partial charge in [0.15, 0.2) is 6.10 Å². The standard InChI is InChI=1S/C42H74O6/c1-4-7-10-13-16-19-20-21-24-26-29-32-35-41(44)47-38-39(48-42(45)36-33-30-27-23-18-15-12-9-6-3)37-46-40(43)34-31-28-25-22-17-14-11-8-5-2/h9,12,18,23,30,33,39H,4-8,10-11,13-17,19-22,24-29,31-32,34-38H2,1-3H3/b12-9-,23-18-,33-30-. The van der Waals surface area contributed by atoms with E-state index in [0.29, 0.717) is 12.8 Å². The molecule has 6 nitrogen and oxygen atoms in total. The van der Waals surface area contributed by atoms with Crippen molar-refractivity contribution in [2.45, 2.75) is 200 Å². The molecule has 0 rings (SSSR count). The highest BCUT2D eigenvalue weighted by Crippen LogP contribution is 2.14. The minimum Gasteiger partial charge on any atom is -0.462 e. The predicted molar refractivity (Wildman–Crippen MR) is 201 cm³/mol. The van der Waals surface area contributed by atoms with Gasteiger partial charge in [0.05, 0.1) is 6.42 Å². The van der Waals surface area contributed by atoms with Crippen molar-refractivity contribution in [1.82, 2.24) is 0 Å². The van der Waals surface area contributed by atoms with E-state index in [1.165, 1.54) is 96.3 Å². The number of unbranched alkanes of at least 4 members (excludes halogenated alkanes) is 19. The molecule has 6 heteroatoms. The second kappa shape index (κ2) is 37.4. The molecule has 0 aliphatic rings. The maximum absolute atomic E-state index is 12.5. The largest absolute Gasteiger partial charge is 0.462 e. The van der Waals surface area contributed by atoms with Crippen molar-refractivity contribution in [2.24, 2.45) is 0 Å². The summed E-state index contributed by atoms with van der Waals surface area (Å²) >= 11 is 0. The molecule has 0 bridgehead atoms. The summed E-state index contributed by atoms with van der Waals surface area (Å²) in [6.45, 7) is 6.38. The predicted octanol–water partition coefficient (Wildman–Crippen LogP) is 12.2. The Morgan fingerprint density at radius 1 is 0.438 bits per heavy atom. The number of carbonyl (C=O) groups is 3. The maximum Gasteiger partial charge on any atom is 0.310 e. The molecule has 0 aromatic carbocycles. The molecular weight excluding hydrogens is 600 g/mol. The molecule has 1 unspecified atom stereocenters. The van der Waals surface area contributed by atoms with Crippen LogP contribution in [0.25, 0.3) is 0 Å². The SMILES string of the molecule is CC/C=C\C/C=C\C/C=C\CC(=O)OC(COC(=O)CCCCCCCCCCC)COC(=O)CCCCCCCCCCCCCC. The van der Waals surface area contributed by atoms with E-state index in [0.717, 1.165) is 57.8 Å². The van der Waals surface area contributed by atoms with E-state index < -0.39 is 12.1 Å². The van der Waals surface area contributed by atoms with Gasteiger partial charge in [-0.1, -0.05) is 179 Å². The Kier molecular flexibility index (Phi) is 35.6. The Morgan fingerprint density at radius 2 is 0.792 bits per heavy atom. The molecule has 0 saturated carbocycles. The molecule has 0 aromatic heterocycles. The van der Waals surface area contributed by atoms with Crippen LogP contribution in [0.15, 0.2) is 36.5 Å². The summed E-state index contributed by atoms with van der Waals surface area (Å²) in [4.78, 5) is 37.3. The highest BCUT2D eigenvalue weighted by Gasteiger charge is 2.19. The molecule has 0 amide bonds. The van der Waals surface area contributed by atoms with E-state index >= 15 is 0 Å². The fraction of sp³-hybridized carbons (Fsp3) is 0.786. The van der Waals surface area contributed by atoms with Crippen LogP contribution in [0.5, 0.6) is 0 Å². The summed E-state index contributed by atoms with van der Waals surface area (Å²) < 4.78 is 16.5. The zero-order chi connectivity index (χ0) is 35.2. The zero-order valence-electron chi connectivity index (χ0n) is 31.5. The van der Waals surface area contributed by atoms with Crippen molar-refractivity contribution in [3.05, 3.63) is 36.5 Å². The zero-order valence-corrected chi connectivity index (χ0v) is 31.5. The Balaban J connectivity index is 4.43. The van der Waals surface area contributed by atoms with E-state index in [1.54, 1.807) is 6.08 Å². The molecule has 0 aliphatic heterocycles.